The van der Waals surface area contributed by atoms with Crippen molar-refractivity contribution in [2.75, 3.05) is 13.7 Å². The third-order valence-electron chi connectivity index (χ3n) is 2.72. The Labute approximate surface area is 116 Å². The van der Waals surface area contributed by atoms with E-state index >= 15 is 0 Å². The minimum atomic E-state index is -0.315. The SMILES string of the molecule is COC(=O)c1ccc(COCCc2cccs2)cc1. The maximum Gasteiger partial charge on any atom is 0.337 e. The van der Waals surface area contributed by atoms with Crippen LogP contribution in [-0.2, 0) is 22.5 Å². The fourth-order valence-electron chi connectivity index (χ4n) is 1.67. The van der Waals surface area contributed by atoms with E-state index in [9.17, 15) is 4.79 Å². The summed E-state index contributed by atoms with van der Waals surface area (Å²) in [7, 11) is 1.38. The van der Waals surface area contributed by atoms with E-state index in [2.05, 4.69) is 16.2 Å². The molecule has 0 aliphatic carbocycles. The standard InChI is InChI=1S/C15H16O3S/c1-17-15(16)13-6-4-12(5-7-13)11-18-9-8-14-3-2-10-19-14/h2-7,10H,8-9,11H2,1H3. The lowest BCUT2D eigenvalue weighted by molar-refractivity contribution is 0.0600. The number of hydrogen-bond acceptors (Lipinski definition) is 4. The number of rotatable bonds is 6. The highest BCUT2D eigenvalue weighted by atomic mass is 32.1. The summed E-state index contributed by atoms with van der Waals surface area (Å²) >= 11 is 1.75. The number of methoxy groups -OCH3 is 1. The Kier molecular flexibility index (Phi) is 5.12. The van der Waals surface area contributed by atoms with Gasteiger partial charge in [-0.1, -0.05) is 18.2 Å². The molecule has 0 aliphatic heterocycles. The fourth-order valence-corrected chi connectivity index (χ4v) is 2.36. The number of ether oxygens (including phenoxy) is 2. The largest absolute Gasteiger partial charge is 0.465 e. The Morgan fingerprint density at radius 1 is 1.21 bits per heavy atom. The summed E-state index contributed by atoms with van der Waals surface area (Å²) in [4.78, 5) is 12.6. The fraction of sp³-hybridized carbons (Fsp3) is 0.267. The molecule has 0 fully saturated rings. The van der Waals surface area contributed by atoms with Crippen molar-refractivity contribution < 1.29 is 14.3 Å². The zero-order valence-electron chi connectivity index (χ0n) is 10.8. The lowest BCUT2D eigenvalue weighted by Crippen LogP contribution is -2.02. The van der Waals surface area contributed by atoms with Gasteiger partial charge in [0, 0.05) is 11.3 Å². The number of esters is 1. The van der Waals surface area contributed by atoms with Crippen LogP contribution in [0.15, 0.2) is 41.8 Å². The van der Waals surface area contributed by atoms with Crippen LogP contribution in [0.4, 0.5) is 0 Å². The second kappa shape index (κ2) is 7.07. The second-order valence-corrected chi connectivity index (χ2v) is 5.10. The number of benzene rings is 1. The van der Waals surface area contributed by atoms with Gasteiger partial charge in [-0.05, 0) is 29.1 Å². The third-order valence-corrected chi connectivity index (χ3v) is 3.65. The molecule has 2 rings (SSSR count). The Morgan fingerprint density at radius 2 is 2.00 bits per heavy atom. The summed E-state index contributed by atoms with van der Waals surface area (Å²) in [5.41, 5.74) is 1.61. The molecule has 19 heavy (non-hydrogen) atoms. The van der Waals surface area contributed by atoms with Crippen molar-refractivity contribution in [3.8, 4) is 0 Å². The van der Waals surface area contributed by atoms with E-state index in [-0.39, 0.29) is 5.97 Å². The molecule has 100 valence electrons. The van der Waals surface area contributed by atoms with Crippen molar-refractivity contribution >= 4 is 17.3 Å². The Hall–Kier alpha value is -1.65. The van der Waals surface area contributed by atoms with Crippen LogP contribution in [0.25, 0.3) is 0 Å². The molecule has 2 aromatic rings. The van der Waals surface area contributed by atoms with Gasteiger partial charge in [0.05, 0.1) is 25.9 Å². The lowest BCUT2D eigenvalue weighted by Gasteiger charge is -2.04. The highest BCUT2D eigenvalue weighted by Crippen LogP contribution is 2.10. The molecule has 0 spiro atoms. The van der Waals surface area contributed by atoms with E-state index < -0.39 is 0 Å². The summed E-state index contributed by atoms with van der Waals surface area (Å²) in [6.45, 7) is 1.27. The van der Waals surface area contributed by atoms with Crippen LogP contribution < -0.4 is 0 Å². The topological polar surface area (TPSA) is 35.5 Å². The van der Waals surface area contributed by atoms with Gasteiger partial charge in [-0.3, -0.25) is 0 Å². The van der Waals surface area contributed by atoms with Crippen LogP contribution in [0.3, 0.4) is 0 Å². The predicted octanol–water partition coefficient (Wildman–Crippen LogP) is 3.29. The first-order valence-electron chi connectivity index (χ1n) is 6.07. The molecule has 0 N–H and O–H groups in total. The molecule has 0 radical (unpaired) electrons. The molecule has 0 amide bonds. The average Bonchev–Trinajstić information content (AvgIpc) is 2.96. The van der Waals surface area contributed by atoms with Crippen LogP contribution in [0.1, 0.15) is 20.8 Å². The number of carbonyl (C=O) groups is 1. The molecule has 1 aromatic carbocycles. The van der Waals surface area contributed by atoms with E-state index in [0.29, 0.717) is 18.8 Å². The van der Waals surface area contributed by atoms with Gasteiger partial charge in [-0.25, -0.2) is 4.79 Å². The molecular formula is C15H16O3S. The summed E-state index contributed by atoms with van der Waals surface area (Å²) in [5.74, 6) is -0.315. The van der Waals surface area contributed by atoms with E-state index in [1.165, 1.54) is 12.0 Å². The lowest BCUT2D eigenvalue weighted by atomic mass is 10.1. The highest BCUT2D eigenvalue weighted by molar-refractivity contribution is 7.09. The van der Waals surface area contributed by atoms with Crippen molar-refractivity contribution in [3.63, 3.8) is 0 Å². The van der Waals surface area contributed by atoms with E-state index in [1.807, 2.05) is 18.2 Å². The minimum Gasteiger partial charge on any atom is -0.465 e. The molecule has 0 saturated carbocycles. The van der Waals surface area contributed by atoms with Gasteiger partial charge < -0.3 is 9.47 Å². The normalized spacial score (nSPS) is 10.4. The van der Waals surface area contributed by atoms with Crippen molar-refractivity contribution in [1.82, 2.24) is 0 Å². The van der Waals surface area contributed by atoms with E-state index in [1.54, 1.807) is 23.5 Å². The number of thiophene rings is 1. The molecule has 1 heterocycles. The van der Waals surface area contributed by atoms with Crippen molar-refractivity contribution in [2.24, 2.45) is 0 Å². The average molecular weight is 276 g/mol. The van der Waals surface area contributed by atoms with Crippen molar-refractivity contribution in [2.45, 2.75) is 13.0 Å². The maximum atomic E-state index is 11.3. The quantitative estimate of drug-likeness (QED) is 0.600. The maximum absolute atomic E-state index is 11.3. The zero-order chi connectivity index (χ0) is 13.5. The molecule has 1 aromatic heterocycles. The van der Waals surface area contributed by atoms with Gasteiger partial charge in [0.2, 0.25) is 0 Å². The summed E-state index contributed by atoms with van der Waals surface area (Å²) in [5, 5.41) is 2.07. The summed E-state index contributed by atoms with van der Waals surface area (Å²) in [6, 6.07) is 11.4. The van der Waals surface area contributed by atoms with Crippen LogP contribution in [0.5, 0.6) is 0 Å². The van der Waals surface area contributed by atoms with Gasteiger partial charge in [-0.15, -0.1) is 11.3 Å². The monoisotopic (exact) mass is 276 g/mol. The first-order valence-corrected chi connectivity index (χ1v) is 6.95. The second-order valence-electron chi connectivity index (χ2n) is 4.07. The molecule has 0 aliphatic rings. The van der Waals surface area contributed by atoms with Gasteiger partial charge in [-0.2, -0.15) is 0 Å². The van der Waals surface area contributed by atoms with Gasteiger partial charge in [0.1, 0.15) is 0 Å². The first-order chi connectivity index (χ1) is 9.29. The van der Waals surface area contributed by atoms with E-state index in [4.69, 9.17) is 4.74 Å². The van der Waals surface area contributed by atoms with Crippen molar-refractivity contribution in [3.05, 3.63) is 57.8 Å². The third kappa shape index (κ3) is 4.19. The Morgan fingerprint density at radius 3 is 2.63 bits per heavy atom. The minimum absolute atomic E-state index is 0.315. The van der Waals surface area contributed by atoms with E-state index in [0.717, 1.165) is 12.0 Å². The number of hydrogen-bond donors (Lipinski definition) is 0. The zero-order valence-corrected chi connectivity index (χ0v) is 11.6. The number of carbonyl (C=O) groups excluding carboxylic acids is 1. The molecule has 3 nitrogen and oxygen atoms in total. The predicted molar refractivity (Wildman–Crippen MR) is 75.5 cm³/mol. The van der Waals surface area contributed by atoms with Gasteiger partial charge >= 0.3 is 5.97 Å². The summed E-state index contributed by atoms with van der Waals surface area (Å²) in [6.07, 6.45) is 0.942. The van der Waals surface area contributed by atoms with Crippen LogP contribution in [0, 0.1) is 0 Å². The Balaban J connectivity index is 1.75. The van der Waals surface area contributed by atoms with Crippen molar-refractivity contribution in [1.29, 1.82) is 0 Å². The first kappa shape index (κ1) is 13.8. The summed E-state index contributed by atoms with van der Waals surface area (Å²) < 4.78 is 10.3. The Bertz CT molecular complexity index is 503. The van der Waals surface area contributed by atoms with Gasteiger partial charge in [0.15, 0.2) is 0 Å². The highest BCUT2D eigenvalue weighted by Gasteiger charge is 2.04. The van der Waals surface area contributed by atoms with Crippen LogP contribution in [-0.4, -0.2) is 19.7 Å². The smallest absolute Gasteiger partial charge is 0.337 e. The van der Waals surface area contributed by atoms with Crippen LogP contribution >= 0.6 is 11.3 Å². The molecule has 0 bridgehead atoms. The molecule has 0 atom stereocenters. The molecule has 4 heteroatoms. The van der Waals surface area contributed by atoms with Crippen LogP contribution in [0.2, 0.25) is 0 Å². The molecule has 0 saturated heterocycles. The van der Waals surface area contributed by atoms with Gasteiger partial charge in [0.25, 0.3) is 0 Å². The molecular weight excluding hydrogens is 260 g/mol. The molecule has 0 unspecified atom stereocenters.